The van der Waals surface area contributed by atoms with Crippen LogP contribution in [0.3, 0.4) is 0 Å². The Morgan fingerprint density at radius 1 is 0.962 bits per heavy atom. The zero-order valence-corrected chi connectivity index (χ0v) is 29.8. The Balaban J connectivity index is 0.00000168. The van der Waals surface area contributed by atoms with E-state index in [-0.39, 0.29) is 73.1 Å². The van der Waals surface area contributed by atoms with Gasteiger partial charge in [-0.25, -0.2) is 4.39 Å². The molecule has 0 unspecified atom stereocenters. The lowest BCUT2D eigenvalue weighted by Gasteiger charge is -2.34. The number of carboxylic acid groups (broad SMARTS) is 1. The van der Waals surface area contributed by atoms with Gasteiger partial charge in [0.15, 0.2) is 0 Å². The van der Waals surface area contributed by atoms with Crippen molar-refractivity contribution in [3.63, 3.8) is 0 Å². The minimum Gasteiger partial charge on any atom is -0.483 e. The lowest BCUT2D eigenvalue weighted by molar-refractivity contribution is -0.138. The number of piperazine rings is 1. The predicted molar refractivity (Wildman–Crippen MR) is 186 cm³/mol. The van der Waals surface area contributed by atoms with E-state index in [0.717, 1.165) is 19.6 Å². The number of halogens is 1. The summed E-state index contributed by atoms with van der Waals surface area (Å²) in [6, 6.07) is 8.33. The number of rotatable bonds is 5. The van der Waals surface area contributed by atoms with Crippen molar-refractivity contribution in [2.75, 3.05) is 72.1 Å². The number of benzene rings is 2. The van der Waals surface area contributed by atoms with Gasteiger partial charge in [-0.05, 0) is 61.7 Å². The number of likely N-dealkylation sites (tertiary alicyclic amines) is 1. The number of carbonyl (C=O) groups is 5. The molecule has 2 aromatic carbocycles. The first-order valence-corrected chi connectivity index (χ1v) is 17.9. The third-order valence-corrected chi connectivity index (χ3v) is 9.75. The van der Waals surface area contributed by atoms with E-state index in [4.69, 9.17) is 24.1 Å². The molecule has 4 heterocycles. The maximum absolute atomic E-state index is 14.9. The smallest absolute Gasteiger partial charge is 0.290 e. The molecule has 2 atom stereocenters. The number of hydrogen-bond acceptors (Lipinski definition) is 9. The van der Waals surface area contributed by atoms with Crippen molar-refractivity contribution in [2.24, 2.45) is 5.92 Å². The van der Waals surface area contributed by atoms with Gasteiger partial charge in [-0.2, -0.15) is 0 Å². The molecule has 0 aliphatic carbocycles. The van der Waals surface area contributed by atoms with Crippen LogP contribution in [0.25, 0.3) is 0 Å². The van der Waals surface area contributed by atoms with Gasteiger partial charge >= 0.3 is 0 Å². The summed E-state index contributed by atoms with van der Waals surface area (Å²) >= 11 is 0. The number of nitrogens with zero attached hydrogens (tertiary/aromatic N) is 4. The third kappa shape index (κ3) is 9.83. The van der Waals surface area contributed by atoms with Crippen LogP contribution in [0.2, 0.25) is 0 Å². The van der Waals surface area contributed by atoms with E-state index in [1.165, 1.54) is 23.1 Å². The van der Waals surface area contributed by atoms with Gasteiger partial charge in [0.25, 0.3) is 18.3 Å². The Labute approximate surface area is 302 Å². The van der Waals surface area contributed by atoms with Gasteiger partial charge in [0.05, 0.1) is 25.3 Å². The molecule has 282 valence electrons. The van der Waals surface area contributed by atoms with Crippen molar-refractivity contribution >= 4 is 30.1 Å². The van der Waals surface area contributed by atoms with Gasteiger partial charge in [-0.3, -0.25) is 24.0 Å². The highest BCUT2D eigenvalue weighted by molar-refractivity contribution is 6.01. The standard InChI is InChI=1S/C36H46FN5O7.CH2O2/c1-3-7-41-22-33(43)38-31-20-42(34(44)25-5-12-47-13-6-25)21-32(31)48-23-24-14-28(37)19-29(15-24)49-30-17-26(16-27(18-30)36(41)46)35(45)40-10-8-39(4-2)9-11-40;2-1-3/h14-19,25,31-32H,3-13,20-23H2,1-2H3,(H,38,43);1H,(H,2,3)/t31-,32-;/m1./s1. The number of hydrogen-bond donors (Lipinski definition) is 2. The Morgan fingerprint density at radius 2 is 1.67 bits per heavy atom. The van der Waals surface area contributed by atoms with Crippen LogP contribution in [0.15, 0.2) is 36.4 Å². The van der Waals surface area contributed by atoms with Gasteiger partial charge in [-0.1, -0.05) is 13.8 Å². The largest absolute Gasteiger partial charge is 0.483 e. The highest BCUT2D eigenvalue weighted by atomic mass is 19.1. The van der Waals surface area contributed by atoms with Crippen molar-refractivity contribution in [2.45, 2.75) is 51.9 Å². The molecule has 0 spiro atoms. The summed E-state index contributed by atoms with van der Waals surface area (Å²) in [5, 5.41) is 9.91. The molecule has 15 heteroatoms. The van der Waals surface area contributed by atoms with Gasteiger partial charge in [0.2, 0.25) is 11.8 Å². The van der Waals surface area contributed by atoms with Crippen LogP contribution in [-0.4, -0.2) is 139 Å². The zero-order chi connectivity index (χ0) is 37.2. The van der Waals surface area contributed by atoms with Crippen molar-refractivity contribution < 1.29 is 47.7 Å². The predicted octanol–water partition coefficient (Wildman–Crippen LogP) is 2.60. The summed E-state index contributed by atoms with van der Waals surface area (Å²) in [6.07, 6.45) is 1.32. The van der Waals surface area contributed by atoms with Crippen LogP contribution >= 0.6 is 0 Å². The Morgan fingerprint density at radius 3 is 2.37 bits per heavy atom. The average Bonchev–Trinajstić information content (AvgIpc) is 3.55. The highest BCUT2D eigenvalue weighted by Gasteiger charge is 2.40. The number of carbonyl (C=O) groups excluding carboxylic acids is 4. The van der Waals surface area contributed by atoms with E-state index in [1.54, 1.807) is 28.0 Å². The van der Waals surface area contributed by atoms with E-state index in [2.05, 4.69) is 17.1 Å². The second-order valence-electron chi connectivity index (χ2n) is 13.4. The van der Waals surface area contributed by atoms with Crippen LogP contribution < -0.4 is 10.1 Å². The molecule has 2 N–H and O–H groups in total. The molecule has 3 fully saturated rings. The van der Waals surface area contributed by atoms with Crippen molar-refractivity contribution in [3.8, 4) is 11.5 Å². The van der Waals surface area contributed by atoms with E-state index in [0.29, 0.717) is 57.7 Å². The molecule has 6 rings (SSSR count). The number of ether oxygens (including phenoxy) is 3. The molecule has 52 heavy (non-hydrogen) atoms. The molecule has 0 radical (unpaired) electrons. The number of likely N-dealkylation sites (N-methyl/N-ethyl adjacent to an activating group) is 1. The molecular weight excluding hydrogens is 677 g/mol. The summed E-state index contributed by atoms with van der Waals surface area (Å²) in [5.74, 6) is -1.37. The fraction of sp³-hybridized carbons (Fsp3) is 0.541. The van der Waals surface area contributed by atoms with Crippen LogP contribution in [0.4, 0.5) is 4.39 Å². The zero-order valence-electron chi connectivity index (χ0n) is 29.8. The summed E-state index contributed by atoms with van der Waals surface area (Å²) in [6.45, 7) is 8.93. The summed E-state index contributed by atoms with van der Waals surface area (Å²) < 4.78 is 32.8. The van der Waals surface area contributed by atoms with E-state index < -0.39 is 29.8 Å². The lowest BCUT2D eigenvalue weighted by Crippen LogP contribution is -2.49. The first-order valence-electron chi connectivity index (χ1n) is 17.9. The molecule has 4 aliphatic rings. The maximum Gasteiger partial charge on any atom is 0.290 e. The minimum atomic E-state index is -0.552. The van der Waals surface area contributed by atoms with E-state index in [9.17, 15) is 23.6 Å². The van der Waals surface area contributed by atoms with Crippen LogP contribution in [-0.2, 0) is 30.5 Å². The lowest BCUT2D eigenvalue weighted by atomic mass is 9.99. The van der Waals surface area contributed by atoms with Crippen LogP contribution in [0.1, 0.15) is 59.4 Å². The molecule has 4 aliphatic heterocycles. The topological polar surface area (TPSA) is 158 Å². The molecule has 2 aromatic rings. The first-order chi connectivity index (χ1) is 25.1. The second kappa shape index (κ2) is 18.2. The molecule has 3 saturated heterocycles. The third-order valence-electron chi connectivity index (χ3n) is 9.75. The summed E-state index contributed by atoms with van der Waals surface area (Å²) in [7, 11) is 0. The molecule has 0 aromatic heterocycles. The van der Waals surface area contributed by atoms with E-state index in [1.807, 2.05) is 6.92 Å². The van der Waals surface area contributed by atoms with Gasteiger partial charge in [-0.15, -0.1) is 0 Å². The number of nitrogens with one attached hydrogen (secondary N) is 1. The second-order valence-corrected chi connectivity index (χ2v) is 13.4. The van der Waals surface area contributed by atoms with Gasteiger partial charge in [0, 0.05) is 82.1 Å². The molecule has 4 bridgehead atoms. The normalized spacial score (nSPS) is 21.7. The fourth-order valence-corrected chi connectivity index (χ4v) is 7.05. The molecule has 0 saturated carbocycles. The Kier molecular flexibility index (Phi) is 13.6. The fourth-order valence-electron chi connectivity index (χ4n) is 7.05. The summed E-state index contributed by atoms with van der Waals surface area (Å²) in [4.78, 5) is 70.3. The first kappa shape index (κ1) is 38.6. The monoisotopic (exact) mass is 725 g/mol. The van der Waals surface area contributed by atoms with Crippen molar-refractivity contribution in [3.05, 3.63) is 58.9 Å². The van der Waals surface area contributed by atoms with Crippen LogP contribution in [0.5, 0.6) is 11.5 Å². The Bertz CT molecular complexity index is 1600. The van der Waals surface area contributed by atoms with Gasteiger partial charge < -0.3 is 44.2 Å². The maximum atomic E-state index is 14.9. The van der Waals surface area contributed by atoms with Crippen LogP contribution in [0, 0.1) is 11.7 Å². The molecular formula is C37H48FN5O9. The number of amides is 4. The highest BCUT2D eigenvalue weighted by Crippen LogP contribution is 2.29. The molecule has 14 nitrogen and oxygen atoms in total. The van der Waals surface area contributed by atoms with Crippen molar-refractivity contribution in [1.29, 1.82) is 0 Å². The molecule has 4 amide bonds. The Hall–Kier alpha value is -4.60. The average molecular weight is 726 g/mol. The SMILES string of the molecule is CCCN1CC(=O)N[C@@H]2CN(C(=O)C3CCOCC3)C[C@H]2OCc2cc(F)cc(c2)Oc2cc(C(=O)N3CCN(CC)CC3)cc(c2)C1=O.O=CO. The quantitative estimate of drug-likeness (QED) is 0.439. The van der Waals surface area contributed by atoms with Crippen molar-refractivity contribution in [1.82, 2.24) is 24.9 Å². The summed E-state index contributed by atoms with van der Waals surface area (Å²) in [5.41, 5.74) is 0.956. The number of fused-ring (bicyclic) bond motifs is 5. The van der Waals surface area contributed by atoms with Gasteiger partial charge in [0.1, 0.15) is 17.3 Å². The van der Waals surface area contributed by atoms with E-state index >= 15 is 0 Å². The minimum absolute atomic E-state index is 0.000591.